The number of nitrogens with two attached hydrogens (primary N) is 2. The molecular weight excluding hydrogens is 366 g/mol. The van der Waals surface area contributed by atoms with Gasteiger partial charge in [-0.2, -0.15) is 0 Å². The Balaban J connectivity index is 1.82. The molecule has 1 heterocycles. The normalized spacial score (nSPS) is 10.5. The number of carbonyl (C=O) groups is 1. The van der Waals surface area contributed by atoms with E-state index < -0.39 is 6.03 Å². The SMILES string of the molecule is Cc1cc(-c2ccccn2)ccc1OCc1c(C)cccc1N(N)C(=O)N(C)N. The summed E-state index contributed by atoms with van der Waals surface area (Å²) in [6, 6.07) is 16.8. The number of nitrogens with zero attached hydrogens (tertiary/aromatic N) is 3. The maximum Gasteiger partial charge on any atom is 0.352 e. The summed E-state index contributed by atoms with van der Waals surface area (Å²) in [5.41, 5.74) is 5.26. The van der Waals surface area contributed by atoms with Gasteiger partial charge in [0.25, 0.3) is 0 Å². The lowest BCUT2D eigenvalue weighted by molar-refractivity contribution is 0.216. The van der Waals surface area contributed by atoms with Gasteiger partial charge >= 0.3 is 6.03 Å². The molecule has 4 N–H and O–H groups in total. The van der Waals surface area contributed by atoms with Crippen LogP contribution in [0.2, 0.25) is 0 Å². The summed E-state index contributed by atoms with van der Waals surface area (Å²) >= 11 is 0. The number of hydrazine groups is 2. The third-order valence-electron chi connectivity index (χ3n) is 4.66. The zero-order valence-corrected chi connectivity index (χ0v) is 16.8. The van der Waals surface area contributed by atoms with E-state index in [0.717, 1.165) is 43.7 Å². The van der Waals surface area contributed by atoms with Gasteiger partial charge in [-0.25, -0.2) is 21.5 Å². The molecule has 2 amide bonds. The van der Waals surface area contributed by atoms with Crippen LogP contribution in [0.1, 0.15) is 16.7 Å². The van der Waals surface area contributed by atoms with E-state index in [-0.39, 0.29) is 6.61 Å². The molecule has 7 nitrogen and oxygen atoms in total. The summed E-state index contributed by atoms with van der Waals surface area (Å²) in [6.07, 6.45) is 1.77. The maximum absolute atomic E-state index is 12.2. The van der Waals surface area contributed by atoms with Crippen LogP contribution in [0.15, 0.2) is 60.8 Å². The van der Waals surface area contributed by atoms with Gasteiger partial charge in [0, 0.05) is 24.4 Å². The first-order valence-corrected chi connectivity index (χ1v) is 9.19. The fourth-order valence-corrected chi connectivity index (χ4v) is 3.03. The summed E-state index contributed by atoms with van der Waals surface area (Å²) in [5.74, 6) is 12.3. The highest BCUT2D eigenvalue weighted by Gasteiger charge is 2.19. The summed E-state index contributed by atoms with van der Waals surface area (Å²) in [7, 11) is 1.45. The number of benzene rings is 2. The van der Waals surface area contributed by atoms with Crippen molar-refractivity contribution >= 4 is 11.7 Å². The van der Waals surface area contributed by atoms with Gasteiger partial charge in [-0.15, -0.1) is 0 Å². The summed E-state index contributed by atoms with van der Waals surface area (Å²) in [6.45, 7) is 4.20. The molecule has 1 aromatic heterocycles. The molecule has 3 aromatic rings. The first-order valence-electron chi connectivity index (χ1n) is 9.19. The minimum atomic E-state index is -0.521. The van der Waals surface area contributed by atoms with Crippen molar-refractivity contribution in [2.45, 2.75) is 20.5 Å². The van der Waals surface area contributed by atoms with Gasteiger partial charge in [0.2, 0.25) is 0 Å². The fourth-order valence-electron chi connectivity index (χ4n) is 3.03. The van der Waals surface area contributed by atoms with Crippen LogP contribution in [0.3, 0.4) is 0 Å². The molecule has 7 heteroatoms. The molecule has 0 unspecified atom stereocenters. The summed E-state index contributed by atoms with van der Waals surface area (Å²) < 4.78 is 6.07. The maximum atomic E-state index is 12.2. The molecular formula is C22H25N5O2. The standard InChI is InChI=1S/C22H25N5O2/c1-15-7-6-9-20(27(24)22(28)26(3)23)18(15)14-29-21-11-10-17(13-16(21)2)19-8-4-5-12-25-19/h4-13H,14,23-24H2,1-3H3. The number of ether oxygens (including phenoxy) is 1. The molecule has 0 radical (unpaired) electrons. The molecule has 0 saturated heterocycles. The third-order valence-corrected chi connectivity index (χ3v) is 4.66. The minimum absolute atomic E-state index is 0.265. The molecule has 150 valence electrons. The zero-order chi connectivity index (χ0) is 21.0. The molecule has 0 spiro atoms. The highest BCUT2D eigenvalue weighted by atomic mass is 16.5. The molecule has 0 aliphatic rings. The smallest absolute Gasteiger partial charge is 0.352 e. The molecule has 0 atom stereocenters. The minimum Gasteiger partial charge on any atom is -0.489 e. The number of rotatable bonds is 5. The predicted octanol–water partition coefficient (Wildman–Crippen LogP) is 3.55. The molecule has 29 heavy (non-hydrogen) atoms. The number of urea groups is 1. The van der Waals surface area contributed by atoms with Crippen LogP contribution in [-0.2, 0) is 6.61 Å². The summed E-state index contributed by atoms with van der Waals surface area (Å²) in [4.78, 5) is 16.5. The number of aromatic nitrogens is 1. The first kappa shape index (κ1) is 20.3. The van der Waals surface area contributed by atoms with E-state index in [1.807, 2.05) is 62.4 Å². The molecule has 0 fully saturated rings. The lowest BCUT2D eigenvalue weighted by atomic mass is 10.1. The van der Waals surface area contributed by atoms with Crippen LogP contribution >= 0.6 is 0 Å². The van der Waals surface area contributed by atoms with Crippen molar-refractivity contribution in [1.29, 1.82) is 0 Å². The van der Waals surface area contributed by atoms with E-state index in [4.69, 9.17) is 16.4 Å². The van der Waals surface area contributed by atoms with Crippen molar-refractivity contribution in [3.8, 4) is 17.0 Å². The van der Waals surface area contributed by atoms with Crippen LogP contribution in [-0.4, -0.2) is 23.1 Å². The Kier molecular flexibility index (Phi) is 6.11. The summed E-state index contributed by atoms with van der Waals surface area (Å²) in [5, 5.41) is 1.97. The second-order valence-corrected chi connectivity index (χ2v) is 6.82. The predicted molar refractivity (Wildman–Crippen MR) is 114 cm³/mol. The van der Waals surface area contributed by atoms with Gasteiger partial charge in [-0.1, -0.05) is 18.2 Å². The van der Waals surface area contributed by atoms with Crippen LogP contribution in [0.5, 0.6) is 5.75 Å². The second-order valence-electron chi connectivity index (χ2n) is 6.82. The first-order chi connectivity index (χ1) is 13.9. The van der Waals surface area contributed by atoms with Crippen LogP contribution in [0.4, 0.5) is 10.5 Å². The quantitative estimate of drug-likeness (QED) is 0.394. The molecule has 2 aromatic carbocycles. The van der Waals surface area contributed by atoms with Crippen molar-refractivity contribution in [3.05, 3.63) is 77.5 Å². The average Bonchev–Trinajstić information content (AvgIpc) is 2.73. The fraction of sp³-hybridized carbons (Fsp3) is 0.182. The average molecular weight is 391 g/mol. The van der Waals surface area contributed by atoms with Crippen LogP contribution < -0.4 is 21.4 Å². The Labute approximate surface area is 170 Å². The Morgan fingerprint density at radius 3 is 2.48 bits per heavy atom. The second kappa shape index (κ2) is 8.72. The molecule has 0 bridgehead atoms. The highest BCUT2D eigenvalue weighted by molar-refractivity contribution is 5.91. The van der Waals surface area contributed by atoms with E-state index >= 15 is 0 Å². The van der Waals surface area contributed by atoms with E-state index in [1.165, 1.54) is 7.05 Å². The van der Waals surface area contributed by atoms with Crippen molar-refractivity contribution in [3.63, 3.8) is 0 Å². The number of aryl methyl sites for hydroxylation is 2. The zero-order valence-electron chi connectivity index (χ0n) is 16.8. The van der Waals surface area contributed by atoms with Crippen molar-refractivity contribution in [2.75, 3.05) is 12.1 Å². The Morgan fingerprint density at radius 2 is 1.83 bits per heavy atom. The number of hydrogen-bond donors (Lipinski definition) is 2. The molecule has 0 aliphatic carbocycles. The topological polar surface area (TPSA) is 97.7 Å². The van der Waals surface area contributed by atoms with Crippen molar-refractivity contribution in [1.82, 2.24) is 9.99 Å². The van der Waals surface area contributed by atoms with Gasteiger partial charge in [0.15, 0.2) is 0 Å². The lowest BCUT2D eigenvalue weighted by Gasteiger charge is -2.24. The Bertz CT molecular complexity index is 1010. The van der Waals surface area contributed by atoms with Crippen molar-refractivity contribution < 1.29 is 9.53 Å². The van der Waals surface area contributed by atoms with E-state index in [0.29, 0.717) is 5.69 Å². The molecule has 0 aliphatic heterocycles. The lowest BCUT2D eigenvalue weighted by Crippen LogP contribution is -2.49. The number of pyridine rings is 1. The Morgan fingerprint density at radius 1 is 1.03 bits per heavy atom. The van der Waals surface area contributed by atoms with Gasteiger partial charge < -0.3 is 4.74 Å². The number of anilines is 1. The van der Waals surface area contributed by atoms with Crippen LogP contribution in [0, 0.1) is 13.8 Å². The highest BCUT2D eigenvalue weighted by Crippen LogP contribution is 2.28. The number of carbonyl (C=O) groups excluding carboxylic acids is 1. The van der Waals surface area contributed by atoms with Crippen molar-refractivity contribution in [2.24, 2.45) is 11.7 Å². The largest absolute Gasteiger partial charge is 0.489 e. The van der Waals surface area contributed by atoms with Gasteiger partial charge in [0.05, 0.1) is 11.4 Å². The van der Waals surface area contributed by atoms with E-state index in [2.05, 4.69) is 4.98 Å². The van der Waals surface area contributed by atoms with Crippen LogP contribution in [0.25, 0.3) is 11.3 Å². The third kappa shape index (κ3) is 4.53. The monoisotopic (exact) mass is 391 g/mol. The van der Waals surface area contributed by atoms with Gasteiger partial charge in [-0.05, 0) is 61.4 Å². The number of hydrogen-bond acceptors (Lipinski definition) is 5. The van der Waals surface area contributed by atoms with E-state index in [1.54, 1.807) is 12.3 Å². The Hall–Kier alpha value is -3.42. The van der Waals surface area contributed by atoms with Gasteiger partial charge in [0.1, 0.15) is 12.4 Å². The van der Waals surface area contributed by atoms with E-state index in [9.17, 15) is 4.79 Å². The molecule has 0 saturated carbocycles. The number of amides is 2. The van der Waals surface area contributed by atoms with Gasteiger partial charge in [-0.3, -0.25) is 9.99 Å². The molecule has 3 rings (SSSR count).